The first-order chi connectivity index (χ1) is 14.0. The van der Waals surface area contributed by atoms with Crippen molar-refractivity contribution in [2.24, 2.45) is 4.99 Å². The van der Waals surface area contributed by atoms with E-state index in [-0.39, 0.29) is 5.92 Å². The number of thioether (sulfide) groups is 1. The van der Waals surface area contributed by atoms with Gasteiger partial charge in [-0.25, -0.2) is 9.59 Å². The highest BCUT2D eigenvalue weighted by molar-refractivity contribution is 7.98. The number of rotatable bonds is 3. The molecule has 29 heavy (non-hydrogen) atoms. The average molecular weight is 431 g/mol. The van der Waals surface area contributed by atoms with Crippen LogP contribution in [0.1, 0.15) is 22.6 Å². The van der Waals surface area contributed by atoms with Crippen molar-refractivity contribution in [3.63, 3.8) is 0 Å². The molecule has 2 aliphatic rings. The molecular weight excluding hydrogens is 412 g/mol. The Hall–Kier alpha value is -2.77. The number of hydrogen-bond acceptors (Lipinski definition) is 5. The third kappa shape index (κ3) is 5.40. The van der Waals surface area contributed by atoms with Gasteiger partial charge in [0.05, 0.1) is 12.5 Å². The largest absolute Gasteiger partial charge is 0.478 e. The lowest BCUT2D eigenvalue weighted by Crippen LogP contribution is -2.27. The molecule has 0 amide bonds. The van der Waals surface area contributed by atoms with Crippen molar-refractivity contribution in [1.82, 2.24) is 5.32 Å². The lowest BCUT2D eigenvalue weighted by molar-refractivity contribution is -0.134. The van der Waals surface area contributed by atoms with E-state index in [4.69, 9.17) is 21.8 Å². The molecule has 8 heteroatoms. The van der Waals surface area contributed by atoms with Gasteiger partial charge in [-0.1, -0.05) is 35.9 Å². The number of carbonyl (C=O) groups is 2. The number of hydrogen-bond donors (Lipinski definition) is 3. The summed E-state index contributed by atoms with van der Waals surface area (Å²) in [6.07, 6.45) is 1.12. The smallest absolute Gasteiger partial charge is 0.328 e. The SMILES string of the molecule is Clc1ccc2c(c1)C(C1=NCCN1)c1ccccc1CS2.O=C(O)C=CC(=O)O. The maximum absolute atomic E-state index is 9.55. The first-order valence-electron chi connectivity index (χ1n) is 8.88. The number of aliphatic carboxylic acids is 2. The van der Waals surface area contributed by atoms with Crippen LogP contribution in [0.25, 0.3) is 0 Å². The molecule has 150 valence electrons. The van der Waals surface area contributed by atoms with Gasteiger partial charge in [0.15, 0.2) is 0 Å². The van der Waals surface area contributed by atoms with E-state index in [1.54, 1.807) is 0 Å². The van der Waals surface area contributed by atoms with Crippen molar-refractivity contribution >= 4 is 41.1 Å². The van der Waals surface area contributed by atoms with Crippen LogP contribution in [0.3, 0.4) is 0 Å². The number of aliphatic imine (C=N–C) groups is 1. The summed E-state index contributed by atoms with van der Waals surface area (Å²) in [6.45, 7) is 1.79. The minimum atomic E-state index is -1.26. The molecule has 0 fully saturated rings. The summed E-state index contributed by atoms with van der Waals surface area (Å²) >= 11 is 8.14. The monoisotopic (exact) mass is 430 g/mol. The zero-order valence-electron chi connectivity index (χ0n) is 15.3. The first kappa shape index (κ1) is 21.0. The predicted octanol–water partition coefficient (Wildman–Crippen LogP) is 3.79. The van der Waals surface area contributed by atoms with Crippen LogP contribution < -0.4 is 5.32 Å². The summed E-state index contributed by atoms with van der Waals surface area (Å²) in [5.74, 6) is -0.269. The molecule has 1 unspecified atom stereocenters. The Bertz CT molecular complexity index is 974. The number of fused-ring (bicyclic) bond motifs is 2. The van der Waals surface area contributed by atoms with Crippen LogP contribution in [0.2, 0.25) is 5.02 Å². The van der Waals surface area contributed by atoms with Crippen LogP contribution in [0.15, 0.2) is 64.5 Å². The number of nitrogens with zero attached hydrogens (tertiary/aromatic N) is 1. The molecule has 2 aliphatic heterocycles. The summed E-state index contributed by atoms with van der Waals surface area (Å²) in [5.41, 5.74) is 4.00. The number of benzene rings is 2. The molecule has 0 radical (unpaired) electrons. The zero-order chi connectivity index (χ0) is 20.8. The molecule has 2 aromatic rings. The van der Waals surface area contributed by atoms with E-state index in [0.29, 0.717) is 12.2 Å². The third-order valence-corrected chi connectivity index (χ3v) is 5.75. The van der Waals surface area contributed by atoms with Crippen molar-refractivity contribution in [1.29, 1.82) is 0 Å². The molecule has 3 N–H and O–H groups in total. The number of carboxylic acids is 2. The Morgan fingerprint density at radius 2 is 1.83 bits per heavy atom. The molecule has 0 aliphatic carbocycles. The topological polar surface area (TPSA) is 99.0 Å². The molecule has 1 atom stereocenters. The van der Waals surface area contributed by atoms with Crippen LogP contribution in [0.5, 0.6) is 0 Å². The van der Waals surface area contributed by atoms with E-state index in [9.17, 15) is 9.59 Å². The lowest BCUT2D eigenvalue weighted by atomic mass is 9.87. The predicted molar refractivity (Wildman–Crippen MR) is 114 cm³/mol. The van der Waals surface area contributed by atoms with Crippen LogP contribution in [0, 0.1) is 0 Å². The maximum atomic E-state index is 9.55. The van der Waals surface area contributed by atoms with Gasteiger partial charge < -0.3 is 15.5 Å². The molecule has 0 aromatic heterocycles. The first-order valence-corrected chi connectivity index (χ1v) is 10.2. The van der Waals surface area contributed by atoms with Gasteiger partial charge in [-0.2, -0.15) is 0 Å². The fourth-order valence-electron chi connectivity index (χ4n) is 3.19. The van der Waals surface area contributed by atoms with Gasteiger partial charge in [0.1, 0.15) is 5.84 Å². The summed E-state index contributed by atoms with van der Waals surface area (Å²) in [6, 6.07) is 14.9. The zero-order valence-corrected chi connectivity index (χ0v) is 16.9. The van der Waals surface area contributed by atoms with E-state index >= 15 is 0 Å². The molecule has 0 saturated heterocycles. The summed E-state index contributed by atoms with van der Waals surface area (Å²) in [5, 5.41) is 19.9. The van der Waals surface area contributed by atoms with Gasteiger partial charge in [-0.05, 0) is 34.9 Å². The van der Waals surface area contributed by atoms with Gasteiger partial charge in [0.2, 0.25) is 0 Å². The highest BCUT2D eigenvalue weighted by Crippen LogP contribution is 2.42. The van der Waals surface area contributed by atoms with E-state index in [2.05, 4.69) is 46.7 Å². The van der Waals surface area contributed by atoms with Crippen LogP contribution in [-0.2, 0) is 15.3 Å². The highest BCUT2D eigenvalue weighted by atomic mass is 35.5. The normalized spacial score (nSPS) is 17.1. The van der Waals surface area contributed by atoms with Gasteiger partial charge in [0, 0.05) is 34.4 Å². The van der Waals surface area contributed by atoms with E-state index in [1.165, 1.54) is 21.6 Å². The maximum Gasteiger partial charge on any atom is 0.328 e. The van der Waals surface area contributed by atoms with Crippen molar-refractivity contribution in [2.45, 2.75) is 16.6 Å². The summed E-state index contributed by atoms with van der Waals surface area (Å²) < 4.78 is 0. The molecule has 0 spiro atoms. The minimum Gasteiger partial charge on any atom is -0.478 e. The number of amidine groups is 1. The fraction of sp³-hybridized carbons (Fsp3) is 0.190. The van der Waals surface area contributed by atoms with Crippen molar-refractivity contribution < 1.29 is 19.8 Å². The Morgan fingerprint density at radius 1 is 1.10 bits per heavy atom. The fourth-order valence-corrected chi connectivity index (χ4v) is 4.46. The lowest BCUT2D eigenvalue weighted by Gasteiger charge is -2.20. The van der Waals surface area contributed by atoms with Crippen molar-refractivity contribution in [2.75, 3.05) is 13.1 Å². The second-order valence-corrected chi connectivity index (χ2v) is 7.76. The second-order valence-electron chi connectivity index (χ2n) is 6.31. The Kier molecular flexibility index (Phi) is 6.95. The van der Waals surface area contributed by atoms with E-state index in [0.717, 1.165) is 29.7 Å². The molecule has 2 aromatic carbocycles. The third-order valence-electron chi connectivity index (χ3n) is 4.37. The number of carboxylic acid groups (broad SMARTS) is 2. The number of nitrogens with one attached hydrogen (secondary N) is 1. The summed E-state index contributed by atoms with van der Waals surface area (Å²) in [4.78, 5) is 25.1. The second kappa shape index (κ2) is 9.62. The van der Waals surface area contributed by atoms with Crippen LogP contribution in [-0.4, -0.2) is 41.1 Å². The molecule has 0 bridgehead atoms. The summed E-state index contributed by atoms with van der Waals surface area (Å²) in [7, 11) is 0. The minimum absolute atomic E-state index is 0.174. The number of halogens is 1. The molecule has 2 heterocycles. The standard InChI is InChI=1S/C17H15ClN2S.C4H4O4/c18-12-5-6-15-14(9-12)16(17-19-7-8-20-17)13-4-2-1-3-11(13)10-21-15;5-3(6)1-2-4(7)8/h1-6,9,16H,7-8,10H2,(H,19,20);1-2H,(H,5,6)(H,7,8). The van der Waals surface area contributed by atoms with Gasteiger partial charge in [0.25, 0.3) is 0 Å². The van der Waals surface area contributed by atoms with E-state index < -0.39 is 11.9 Å². The van der Waals surface area contributed by atoms with Crippen LogP contribution >= 0.6 is 23.4 Å². The van der Waals surface area contributed by atoms with Gasteiger partial charge in [-0.3, -0.25) is 4.99 Å². The van der Waals surface area contributed by atoms with E-state index in [1.807, 2.05) is 17.8 Å². The van der Waals surface area contributed by atoms with Crippen molar-refractivity contribution in [3.05, 3.63) is 76.3 Å². The Morgan fingerprint density at radius 3 is 2.48 bits per heavy atom. The Balaban J connectivity index is 0.000000258. The molecule has 0 saturated carbocycles. The van der Waals surface area contributed by atoms with Gasteiger partial charge in [-0.15, -0.1) is 11.8 Å². The Labute approximate surface area is 177 Å². The molecular formula is C21H19ClN2O4S. The molecule has 4 rings (SSSR count). The van der Waals surface area contributed by atoms with Crippen LogP contribution in [0.4, 0.5) is 0 Å². The molecule has 6 nitrogen and oxygen atoms in total. The highest BCUT2D eigenvalue weighted by Gasteiger charge is 2.29. The quantitative estimate of drug-likeness (QED) is 0.641. The van der Waals surface area contributed by atoms with Gasteiger partial charge >= 0.3 is 11.9 Å². The average Bonchev–Trinajstić information content (AvgIpc) is 3.16. The van der Waals surface area contributed by atoms with Crippen molar-refractivity contribution in [3.8, 4) is 0 Å².